The fourth-order valence-corrected chi connectivity index (χ4v) is 3.26. The molecule has 0 unspecified atom stereocenters. The number of amides is 1. The van der Waals surface area contributed by atoms with Crippen molar-refractivity contribution in [3.63, 3.8) is 0 Å². The van der Waals surface area contributed by atoms with Gasteiger partial charge >= 0.3 is 0 Å². The number of nitrogens with zero attached hydrogens (tertiary/aromatic N) is 2. The number of piperazine rings is 1. The van der Waals surface area contributed by atoms with E-state index >= 15 is 0 Å². The molecule has 4 nitrogen and oxygen atoms in total. The minimum atomic E-state index is 0.319. The highest BCUT2D eigenvalue weighted by molar-refractivity contribution is 5.76. The molecule has 0 radical (unpaired) electrons. The number of rotatable bonds is 4. The van der Waals surface area contributed by atoms with Crippen molar-refractivity contribution in [3.8, 4) is 0 Å². The molecule has 1 N–H and O–H groups in total. The molecule has 114 valence electrons. The summed E-state index contributed by atoms with van der Waals surface area (Å²) in [6, 6.07) is 8.48. The molecule has 3 rings (SSSR count). The van der Waals surface area contributed by atoms with Crippen LogP contribution in [-0.2, 0) is 17.8 Å². The Kier molecular flexibility index (Phi) is 4.88. The third-order valence-electron chi connectivity index (χ3n) is 4.56. The van der Waals surface area contributed by atoms with Crippen LogP contribution in [-0.4, -0.2) is 55.0 Å². The first-order chi connectivity index (χ1) is 10.3. The molecule has 1 fully saturated rings. The molecule has 0 aromatic heterocycles. The highest BCUT2D eigenvalue weighted by Crippen LogP contribution is 2.19. The second kappa shape index (κ2) is 7.05. The maximum atomic E-state index is 12.3. The van der Waals surface area contributed by atoms with Crippen LogP contribution in [0, 0.1) is 0 Å². The molecule has 21 heavy (non-hydrogen) atoms. The Morgan fingerprint density at radius 2 is 1.86 bits per heavy atom. The van der Waals surface area contributed by atoms with Crippen molar-refractivity contribution in [1.29, 1.82) is 0 Å². The van der Waals surface area contributed by atoms with Gasteiger partial charge in [-0.1, -0.05) is 24.3 Å². The lowest BCUT2D eigenvalue weighted by molar-refractivity contribution is -0.132. The van der Waals surface area contributed by atoms with E-state index in [2.05, 4.69) is 34.5 Å². The summed E-state index contributed by atoms with van der Waals surface area (Å²) in [4.78, 5) is 16.8. The van der Waals surface area contributed by atoms with E-state index in [-0.39, 0.29) is 0 Å². The van der Waals surface area contributed by atoms with Crippen molar-refractivity contribution in [1.82, 2.24) is 15.1 Å². The normalized spacial score (nSPS) is 19.3. The number of nitrogens with one attached hydrogen (secondary N) is 1. The number of carbonyl (C=O) groups is 1. The van der Waals surface area contributed by atoms with E-state index in [0.717, 1.165) is 58.7 Å². The van der Waals surface area contributed by atoms with Gasteiger partial charge in [-0.3, -0.25) is 4.79 Å². The maximum absolute atomic E-state index is 12.3. The van der Waals surface area contributed by atoms with Gasteiger partial charge in [0.05, 0.1) is 0 Å². The topological polar surface area (TPSA) is 35.6 Å². The summed E-state index contributed by atoms with van der Waals surface area (Å²) >= 11 is 0. The van der Waals surface area contributed by atoms with Gasteiger partial charge in [-0.2, -0.15) is 0 Å². The van der Waals surface area contributed by atoms with E-state index in [9.17, 15) is 4.79 Å². The standard InChI is InChI=1S/C17H25N3O/c21-17(6-3-10-19-12-8-18-9-13-19)20-11-7-15-4-1-2-5-16(15)14-20/h1-2,4-5,18H,3,6-14H2. The molecule has 0 aliphatic carbocycles. The number of carbonyl (C=O) groups excluding carboxylic acids is 1. The fourth-order valence-electron chi connectivity index (χ4n) is 3.26. The molecule has 0 spiro atoms. The first-order valence-corrected chi connectivity index (χ1v) is 8.10. The lowest BCUT2D eigenvalue weighted by Crippen LogP contribution is -2.44. The third-order valence-corrected chi connectivity index (χ3v) is 4.56. The summed E-state index contributed by atoms with van der Waals surface area (Å²) in [5, 5.41) is 3.36. The highest BCUT2D eigenvalue weighted by atomic mass is 16.2. The van der Waals surface area contributed by atoms with Crippen LogP contribution < -0.4 is 5.32 Å². The van der Waals surface area contributed by atoms with Gasteiger partial charge in [0.25, 0.3) is 0 Å². The second-order valence-electron chi connectivity index (χ2n) is 6.03. The van der Waals surface area contributed by atoms with E-state index in [4.69, 9.17) is 0 Å². The number of benzene rings is 1. The zero-order valence-electron chi connectivity index (χ0n) is 12.7. The van der Waals surface area contributed by atoms with E-state index in [1.807, 2.05) is 4.90 Å². The van der Waals surface area contributed by atoms with Gasteiger partial charge in [-0.15, -0.1) is 0 Å². The summed E-state index contributed by atoms with van der Waals surface area (Å²) in [6.07, 6.45) is 2.67. The Hall–Kier alpha value is -1.39. The first kappa shape index (κ1) is 14.5. The Morgan fingerprint density at radius 1 is 1.10 bits per heavy atom. The van der Waals surface area contributed by atoms with Gasteiger partial charge in [-0.25, -0.2) is 0 Å². The average molecular weight is 287 g/mol. The number of hydrogen-bond donors (Lipinski definition) is 1. The molecule has 0 bridgehead atoms. The van der Waals surface area contributed by atoms with Gasteiger partial charge in [0.2, 0.25) is 5.91 Å². The lowest BCUT2D eigenvalue weighted by Gasteiger charge is -2.30. The van der Waals surface area contributed by atoms with Crippen molar-refractivity contribution in [2.75, 3.05) is 39.3 Å². The van der Waals surface area contributed by atoms with Gasteiger partial charge < -0.3 is 15.1 Å². The Labute approximate surface area is 127 Å². The molecule has 1 saturated heterocycles. The largest absolute Gasteiger partial charge is 0.338 e. The maximum Gasteiger partial charge on any atom is 0.222 e. The van der Waals surface area contributed by atoms with Crippen LogP contribution in [0.2, 0.25) is 0 Å². The quantitative estimate of drug-likeness (QED) is 0.905. The Morgan fingerprint density at radius 3 is 2.67 bits per heavy atom. The van der Waals surface area contributed by atoms with Crippen molar-refractivity contribution in [3.05, 3.63) is 35.4 Å². The number of fused-ring (bicyclic) bond motifs is 1. The molecule has 1 aromatic rings. The van der Waals surface area contributed by atoms with Crippen molar-refractivity contribution in [2.45, 2.75) is 25.8 Å². The molecule has 1 aromatic carbocycles. The SMILES string of the molecule is O=C(CCCN1CCNCC1)N1CCc2ccccc2C1. The third kappa shape index (κ3) is 3.83. The van der Waals surface area contributed by atoms with Crippen LogP contribution in [0.3, 0.4) is 0 Å². The summed E-state index contributed by atoms with van der Waals surface area (Å²) < 4.78 is 0. The Balaban J connectivity index is 1.44. The molecule has 2 aliphatic heterocycles. The summed E-state index contributed by atoms with van der Waals surface area (Å²) in [7, 11) is 0. The Bertz CT molecular complexity index is 483. The van der Waals surface area contributed by atoms with E-state index in [1.165, 1.54) is 11.1 Å². The minimum Gasteiger partial charge on any atom is -0.338 e. The molecule has 2 aliphatic rings. The van der Waals surface area contributed by atoms with Crippen LogP contribution >= 0.6 is 0 Å². The minimum absolute atomic E-state index is 0.319. The van der Waals surface area contributed by atoms with Crippen molar-refractivity contribution < 1.29 is 4.79 Å². The molecular formula is C17H25N3O. The summed E-state index contributed by atoms with van der Waals surface area (Å²) in [5.74, 6) is 0.319. The molecule has 0 atom stereocenters. The number of hydrogen-bond acceptors (Lipinski definition) is 3. The summed E-state index contributed by atoms with van der Waals surface area (Å²) in [5.41, 5.74) is 2.72. The van der Waals surface area contributed by atoms with Gasteiger partial charge in [0, 0.05) is 45.7 Å². The molecular weight excluding hydrogens is 262 g/mol. The molecule has 2 heterocycles. The molecule has 4 heteroatoms. The van der Waals surface area contributed by atoms with E-state index < -0.39 is 0 Å². The van der Waals surface area contributed by atoms with Crippen molar-refractivity contribution >= 4 is 5.91 Å². The van der Waals surface area contributed by atoms with Gasteiger partial charge in [-0.05, 0) is 30.5 Å². The zero-order chi connectivity index (χ0) is 14.5. The zero-order valence-corrected chi connectivity index (χ0v) is 12.7. The van der Waals surface area contributed by atoms with E-state index in [1.54, 1.807) is 0 Å². The predicted molar refractivity (Wildman–Crippen MR) is 84.1 cm³/mol. The first-order valence-electron chi connectivity index (χ1n) is 8.10. The monoisotopic (exact) mass is 287 g/mol. The van der Waals surface area contributed by atoms with Crippen LogP contribution in [0.15, 0.2) is 24.3 Å². The smallest absolute Gasteiger partial charge is 0.222 e. The van der Waals surface area contributed by atoms with E-state index in [0.29, 0.717) is 12.3 Å². The highest BCUT2D eigenvalue weighted by Gasteiger charge is 2.20. The van der Waals surface area contributed by atoms with Crippen LogP contribution in [0.5, 0.6) is 0 Å². The van der Waals surface area contributed by atoms with Crippen molar-refractivity contribution in [2.24, 2.45) is 0 Å². The lowest BCUT2D eigenvalue weighted by atomic mass is 9.99. The predicted octanol–water partition coefficient (Wildman–Crippen LogP) is 1.26. The average Bonchev–Trinajstić information content (AvgIpc) is 2.55. The van der Waals surface area contributed by atoms with Crippen LogP contribution in [0.4, 0.5) is 0 Å². The summed E-state index contributed by atoms with van der Waals surface area (Å²) in [6.45, 7) is 7.12. The second-order valence-corrected chi connectivity index (χ2v) is 6.03. The van der Waals surface area contributed by atoms with Crippen LogP contribution in [0.25, 0.3) is 0 Å². The molecule has 1 amide bonds. The van der Waals surface area contributed by atoms with Crippen LogP contribution in [0.1, 0.15) is 24.0 Å². The van der Waals surface area contributed by atoms with Gasteiger partial charge in [0.15, 0.2) is 0 Å². The molecule has 0 saturated carbocycles. The van der Waals surface area contributed by atoms with Gasteiger partial charge in [0.1, 0.15) is 0 Å². The fraction of sp³-hybridized carbons (Fsp3) is 0.588.